The Balaban J connectivity index is 1.46. The Morgan fingerprint density at radius 3 is 1.62 bits per heavy atom. The maximum atomic E-state index is 13.8. The molecule has 204 valence electrons. The summed E-state index contributed by atoms with van der Waals surface area (Å²) in [6, 6.07) is 11.8. The van der Waals surface area contributed by atoms with Crippen LogP contribution in [0, 0.1) is 0 Å². The molecular formula is C27H23FO10S. The van der Waals surface area contributed by atoms with Crippen LogP contribution in [0.3, 0.4) is 0 Å². The lowest BCUT2D eigenvalue weighted by Gasteiger charge is -2.16. The Kier molecular flexibility index (Phi) is 8.87. The van der Waals surface area contributed by atoms with Gasteiger partial charge in [0.15, 0.2) is 10.9 Å². The Labute approximate surface area is 224 Å². The topological polar surface area (TPSA) is 131 Å². The molecule has 2 aromatic heterocycles. The molecule has 0 aliphatic heterocycles. The number of carbonyl (C=O) groups excluding carboxylic acids is 2. The predicted octanol–water partition coefficient (Wildman–Crippen LogP) is 4.47. The molecule has 0 unspecified atom stereocenters. The molecule has 0 saturated heterocycles. The molecule has 12 heteroatoms. The summed E-state index contributed by atoms with van der Waals surface area (Å²) in [6.45, 7) is 1.77. The summed E-state index contributed by atoms with van der Waals surface area (Å²) in [5, 5.41) is -0.506. The number of carbonyl (C=O) groups is 2. The van der Waals surface area contributed by atoms with Crippen LogP contribution in [-0.4, -0.2) is 30.4 Å². The normalized spacial score (nSPS) is 11.1. The second kappa shape index (κ2) is 12.5. The zero-order chi connectivity index (χ0) is 27.9. The molecule has 0 fully saturated rings. The number of esters is 2. The van der Waals surface area contributed by atoms with Gasteiger partial charge >= 0.3 is 11.9 Å². The lowest BCUT2D eigenvalue weighted by Crippen LogP contribution is -2.22. The van der Waals surface area contributed by atoms with Crippen molar-refractivity contribution in [1.29, 1.82) is 0 Å². The van der Waals surface area contributed by atoms with Crippen LogP contribution in [0.4, 0.5) is 3.89 Å². The number of hydrogen-bond donors (Lipinski definition) is 0. The van der Waals surface area contributed by atoms with Crippen molar-refractivity contribution in [3.63, 3.8) is 0 Å². The molecular weight excluding hydrogens is 535 g/mol. The standard InChI is InChI=1S/C27H23FO10S/c1-15(29)33-11-17-9-20(31)26-22(5-3-7-24(26)37-17)35-13-19(39-28)14-36-23-6-4-8-25-27(23)21(32)10-18(38-25)12-34-16(2)30/h3-10,19H,11-14H2,1-2H3. The van der Waals surface area contributed by atoms with E-state index in [4.69, 9.17) is 27.8 Å². The molecule has 2 heterocycles. The monoisotopic (exact) mass is 558 g/mol. The third-order valence-corrected chi connectivity index (χ3v) is 5.87. The fourth-order valence-electron chi connectivity index (χ4n) is 3.65. The van der Waals surface area contributed by atoms with Crippen LogP contribution in [0.25, 0.3) is 21.9 Å². The predicted molar refractivity (Wildman–Crippen MR) is 139 cm³/mol. The zero-order valence-corrected chi connectivity index (χ0v) is 21.7. The van der Waals surface area contributed by atoms with Crippen molar-refractivity contribution in [2.75, 3.05) is 13.2 Å². The first-order valence-corrected chi connectivity index (χ1v) is 12.4. The fraction of sp³-hybridized carbons (Fsp3) is 0.259. The molecule has 4 aromatic rings. The number of hydrogen-bond acceptors (Lipinski definition) is 11. The van der Waals surface area contributed by atoms with Gasteiger partial charge in [-0.1, -0.05) is 12.1 Å². The molecule has 0 aliphatic carbocycles. The van der Waals surface area contributed by atoms with E-state index in [2.05, 4.69) is 0 Å². The van der Waals surface area contributed by atoms with E-state index in [-0.39, 0.29) is 83.5 Å². The molecule has 0 aliphatic rings. The van der Waals surface area contributed by atoms with Gasteiger partial charge in [-0.15, -0.1) is 0 Å². The maximum absolute atomic E-state index is 13.8. The van der Waals surface area contributed by atoms with Crippen molar-refractivity contribution in [2.45, 2.75) is 32.3 Å². The third-order valence-electron chi connectivity index (χ3n) is 5.35. The van der Waals surface area contributed by atoms with E-state index in [0.29, 0.717) is 0 Å². The quantitative estimate of drug-likeness (QED) is 0.242. The highest BCUT2D eigenvalue weighted by Crippen LogP contribution is 2.27. The summed E-state index contributed by atoms with van der Waals surface area (Å²) >= 11 is 0.00102. The Hall–Kier alpha value is -4.32. The van der Waals surface area contributed by atoms with Gasteiger partial charge < -0.3 is 27.8 Å². The minimum atomic E-state index is -0.818. The van der Waals surface area contributed by atoms with Crippen molar-refractivity contribution in [1.82, 2.24) is 0 Å². The van der Waals surface area contributed by atoms with E-state index in [1.165, 1.54) is 26.0 Å². The van der Waals surface area contributed by atoms with E-state index in [1.54, 1.807) is 36.4 Å². The van der Waals surface area contributed by atoms with Gasteiger partial charge in [0.1, 0.15) is 76.6 Å². The highest BCUT2D eigenvalue weighted by molar-refractivity contribution is 7.95. The smallest absolute Gasteiger partial charge is 0.303 e. The largest absolute Gasteiger partial charge is 0.491 e. The van der Waals surface area contributed by atoms with Crippen LogP contribution >= 0.6 is 12.1 Å². The Bertz CT molecular complexity index is 1510. The molecule has 10 nitrogen and oxygen atoms in total. The van der Waals surface area contributed by atoms with Crippen molar-refractivity contribution >= 4 is 46.0 Å². The molecule has 0 atom stereocenters. The van der Waals surface area contributed by atoms with Gasteiger partial charge in [0.05, 0.1) is 12.1 Å². The summed E-state index contributed by atoms with van der Waals surface area (Å²) in [6.07, 6.45) is 0. The average Bonchev–Trinajstić information content (AvgIpc) is 2.90. The van der Waals surface area contributed by atoms with E-state index >= 15 is 0 Å². The van der Waals surface area contributed by atoms with Crippen molar-refractivity contribution in [3.8, 4) is 11.5 Å². The van der Waals surface area contributed by atoms with Gasteiger partial charge in [0.2, 0.25) is 0 Å². The summed E-state index contributed by atoms with van der Waals surface area (Å²) < 4.78 is 46.3. The first-order valence-electron chi connectivity index (χ1n) is 11.7. The van der Waals surface area contributed by atoms with Gasteiger partial charge in [-0.05, 0) is 24.3 Å². The van der Waals surface area contributed by atoms with Gasteiger partial charge in [0.25, 0.3) is 0 Å². The van der Waals surface area contributed by atoms with Crippen LogP contribution in [0.2, 0.25) is 0 Å². The second-order valence-corrected chi connectivity index (χ2v) is 9.15. The molecule has 39 heavy (non-hydrogen) atoms. The van der Waals surface area contributed by atoms with Gasteiger partial charge in [-0.25, -0.2) is 0 Å². The number of fused-ring (bicyclic) bond motifs is 2. The summed E-state index contributed by atoms with van der Waals surface area (Å²) in [5.41, 5.74) is -0.382. The first kappa shape index (κ1) is 27.7. The van der Waals surface area contributed by atoms with Crippen LogP contribution in [-0.2, 0) is 32.3 Å². The first-order chi connectivity index (χ1) is 18.7. The second-order valence-electron chi connectivity index (χ2n) is 8.31. The van der Waals surface area contributed by atoms with Crippen molar-refractivity contribution < 1.29 is 41.3 Å². The van der Waals surface area contributed by atoms with Gasteiger partial charge in [-0.2, -0.15) is 3.89 Å². The highest BCUT2D eigenvalue weighted by atomic mass is 32.2. The van der Waals surface area contributed by atoms with Crippen LogP contribution < -0.4 is 20.3 Å². The van der Waals surface area contributed by atoms with Crippen molar-refractivity contribution in [3.05, 3.63) is 80.5 Å². The van der Waals surface area contributed by atoms with E-state index in [9.17, 15) is 23.1 Å². The van der Waals surface area contributed by atoms with E-state index in [1.807, 2.05) is 0 Å². The number of rotatable bonds is 11. The minimum absolute atomic E-state index is 0.00102. The molecule has 0 spiro atoms. The molecule has 0 bridgehead atoms. The minimum Gasteiger partial charge on any atom is -0.491 e. The SMILES string of the molecule is CC(=O)OCc1cc(=O)c2c(OCC(COc3cccc4oc(COC(C)=O)cc(=O)c34)SF)cccc2o1. The Morgan fingerprint density at radius 1 is 0.795 bits per heavy atom. The van der Waals surface area contributed by atoms with Crippen LogP contribution in [0.1, 0.15) is 25.4 Å². The van der Waals surface area contributed by atoms with Crippen molar-refractivity contribution in [2.24, 2.45) is 0 Å². The van der Waals surface area contributed by atoms with Crippen LogP contribution in [0.5, 0.6) is 11.5 Å². The molecule has 0 amide bonds. The molecule has 2 aromatic carbocycles. The number of benzene rings is 2. The lowest BCUT2D eigenvalue weighted by atomic mass is 10.2. The van der Waals surface area contributed by atoms with Crippen LogP contribution in [0.15, 0.2) is 67.0 Å². The molecule has 4 rings (SSSR count). The summed E-state index contributed by atoms with van der Waals surface area (Å²) in [5.74, 6) is -0.316. The molecule has 0 N–H and O–H groups in total. The molecule has 0 radical (unpaired) electrons. The summed E-state index contributed by atoms with van der Waals surface area (Å²) in [7, 11) is 0. The summed E-state index contributed by atoms with van der Waals surface area (Å²) in [4.78, 5) is 47.5. The Morgan fingerprint density at radius 2 is 1.23 bits per heavy atom. The number of ether oxygens (including phenoxy) is 4. The molecule has 0 saturated carbocycles. The van der Waals surface area contributed by atoms with E-state index in [0.717, 1.165) is 0 Å². The number of halogens is 1. The lowest BCUT2D eigenvalue weighted by molar-refractivity contribution is -0.143. The fourth-order valence-corrected chi connectivity index (χ4v) is 3.89. The maximum Gasteiger partial charge on any atom is 0.303 e. The van der Waals surface area contributed by atoms with Gasteiger partial charge in [0, 0.05) is 26.0 Å². The third kappa shape index (κ3) is 6.96. The zero-order valence-electron chi connectivity index (χ0n) is 20.9. The van der Waals surface area contributed by atoms with Gasteiger partial charge in [-0.3, -0.25) is 19.2 Å². The van der Waals surface area contributed by atoms with E-state index < -0.39 is 28.0 Å². The highest BCUT2D eigenvalue weighted by Gasteiger charge is 2.18. The average molecular weight is 559 g/mol.